The lowest BCUT2D eigenvalue weighted by Crippen LogP contribution is -2.35. The van der Waals surface area contributed by atoms with Gasteiger partial charge in [-0.15, -0.1) is 4.68 Å². The van der Waals surface area contributed by atoms with Crippen molar-refractivity contribution in [3.63, 3.8) is 0 Å². The van der Waals surface area contributed by atoms with Crippen LogP contribution in [-0.4, -0.2) is 35.6 Å². The molecule has 0 saturated heterocycles. The number of hydrogen-bond acceptors (Lipinski definition) is 2. The van der Waals surface area contributed by atoms with Crippen molar-refractivity contribution in [2.24, 2.45) is 4.99 Å². The molecule has 5 heteroatoms. The number of carbonyl (C=O) groups is 1. The number of benzene rings is 2. The molecule has 23 heavy (non-hydrogen) atoms. The first-order valence-corrected chi connectivity index (χ1v) is 7.70. The molecule has 1 amide bonds. The van der Waals surface area contributed by atoms with Crippen LogP contribution >= 0.6 is 11.6 Å². The molecule has 0 spiro atoms. The second-order valence-corrected chi connectivity index (χ2v) is 5.82. The van der Waals surface area contributed by atoms with Gasteiger partial charge in [-0.1, -0.05) is 46.9 Å². The minimum atomic E-state index is -0.504. The summed E-state index contributed by atoms with van der Waals surface area (Å²) in [6.07, 6.45) is 1.71. The lowest BCUT2D eigenvalue weighted by Gasteiger charge is -2.10. The highest BCUT2D eigenvalue weighted by Gasteiger charge is 2.44. The molecular formula is C18H17ClN3O+. The normalized spacial score (nSPS) is 18.3. The molecule has 4 nitrogen and oxygen atoms in total. The van der Waals surface area contributed by atoms with Gasteiger partial charge in [0, 0.05) is 18.2 Å². The van der Waals surface area contributed by atoms with Crippen LogP contribution in [-0.2, 0) is 4.79 Å². The summed E-state index contributed by atoms with van der Waals surface area (Å²) in [4.78, 5) is 17.2. The van der Waals surface area contributed by atoms with Crippen LogP contribution in [0.25, 0.3) is 0 Å². The zero-order valence-corrected chi connectivity index (χ0v) is 13.7. The fourth-order valence-electron chi connectivity index (χ4n) is 2.53. The molecule has 116 valence electrons. The highest BCUT2D eigenvalue weighted by molar-refractivity contribution is 6.30. The van der Waals surface area contributed by atoms with Gasteiger partial charge in [-0.05, 0) is 29.8 Å². The summed E-state index contributed by atoms with van der Waals surface area (Å²) >= 11 is 5.88. The molecule has 1 atom stereocenters. The Balaban J connectivity index is 1.87. The average molecular weight is 327 g/mol. The number of hydrazine groups is 1. The lowest BCUT2D eigenvalue weighted by molar-refractivity contribution is -0.495. The third-order valence-electron chi connectivity index (χ3n) is 3.89. The van der Waals surface area contributed by atoms with E-state index in [1.54, 1.807) is 23.4 Å². The monoisotopic (exact) mass is 326 g/mol. The number of anilines is 1. The molecule has 0 aliphatic carbocycles. The lowest BCUT2D eigenvalue weighted by atomic mass is 10.2. The average Bonchev–Trinajstić information content (AvgIpc) is 2.78. The Kier molecular flexibility index (Phi) is 4.26. The topological polar surface area (TPSA) is 35.7 Å². The Morgan fingerprint density at radius 3 is 2.43 bits per heavy atom. The van der Waals surface area contributed by atoms with Crippen molar-refractivity contribution in [3.05, 3.63) is 65.2 Å². The van der Waals surface area contributed by atoms with Gasteiger partial charge in [-0.2, -0.15) is 0 Å². The van der Waals surface area contributed by atoms with Gasteiger partial charge in [0.05, 0.1) is 0 Å². The standard InChI is InChI=1S/C18H17ClN3O/c1-13-17(20-12-14-8-10-15(19)11-9-14)18(23)22(21(13)2)16-6-4-3-5-7-16/h3-12,17H,1-2H3/q+1/t17-/m0/s1. The van der Waals surface area contributed by atoms with Gasteiger partial charge in [0.25, 0.3) is 0 Å². The molecule has 2 aromatic carbocycles. The van der Waals surface area contributed by atoms with Gasteiger partial charge in [0.2, 0.25) is 11.8 Å². The van der Waals surface area contributed by atoms with Crippen LogP contribution in [0.2, 0.25) is 5.02 Å². The fourth-order valence-corrected chi connectivity index (χ4v) is 2.65. The second kappa shape index (κ2) is 6.34. The molecule has 0 fully saturated rings. The number of halogens is 1. The maximum Gasteiger partial charge on any atom is 0.318 e. The van der Waals surface area contributed by atoms with Crippen LogP contribution in [0, 0.1) is 0 Å². The second-order valence-electron chi connectivity index (χ2n) is 5.38. The predicted molar refractivity (Wildman–Crippen MR) is 93.6 cm³/mol. The summed E-state index contributed by atoms with van der Waals surface area (Å²) < 4.78 is 1.85. The molecule has 0 saturated carbocycles. The van der Waals surface area contributed by atoms with E-state index in [0.29, 0.717) is 5.02 Å². The summed E-state index contributed by atoms with van der Waals surface area (Å²) in [7, 11) is 1.87. The Hall–Kier alpha value is -2.46. The molecule has 0 radical (unpaired) electrons. The number of amides is 1. The number of rotatable bonds is 3. The molecule has 3 rings (SSSR count). The third kappa shape index (κ3) is 3.03. The van der Waals surface area contributed by atoms with Crippen LogP contribution in [0.4, 0.5) is 5.69 Å². The maximum absolute atomic E-state index is 12.7. The first-order valence-electron chi connectivity index (χ1n) is 7.33. The molecule has 0 N–H and O–H groups in total. The van der Waals surface area contributed by atoms with Gasteiger partial charge in [-0.25, -0.2) is 0 Å². The largest absolute Gasteiger partial charge is 0.318 e. The summed E-state index contributed by atoms with van der Waals surface area (Å²) in [6.45, 7) is 1.92. The van der Waals surface area contributed by atoms with Gasteiger partial charge in [0.1, 0.15) is 5.69 Å². The molecule has 1 aliphatic heterocycles. The van der Waals surface area contributed by atoms with Gasteiger partial charge >= 0.3 is 5.91 Å². The van der Waals surface area contributed by atoms with E-state index in [2.05, 4.69) is 4.99 Å². The molecule has 0 aromatic heterocycles. The number of hydrogen-bond donors (Lipinski definition) is 0. The maximum atomic E-state index is 12.7. The molecule has 0 unspecified atom stereocenters. The van der Waals surface area contributed by atoms with Crippen molar-refractivity contribution in [2.45, 2.75) is 13.0 Å². The van der Waals surface area contributed by atoms with E-state index in [0.717, 1.165) is 17.0 Å². The molecule has 0 bridgehead atoms. The van der Waals surface area contributed by atoms with Crippen molar-refractivity contribution >= 4 is 35.1 Å². The zero-order valence-electron chi connectivity index (χ0n) is 13.0. The van der Waals surface area contributed by atoms with Gasteiger partial charge in [-0.3, -0.25) is 9.79 Å². The van der Waals surface area contributed by atoms with Gasteiger partial charge < -0.3 is 0 Å². The van der Waals surface area contributed by atoms with E-state index < -0.39 is 6.04 Å². The van der Waals surface area contributed by atoms with E-state index in [-0.39, 0.29) is 5.91 Å². The summed E-state index contributed by atoms with van der Waals surface area (Å²) in [5, 5.41) is 2.33. The van der Waals surface area contributed by atoms with Crippen molar-refractivity contribution in [2.75, 3.05) is 12.1 Å². The van der Waals surface area contributed by atoms with E-state index in [1.807, 2.05) is 61.1 Å². The molecule has 2 aromatic rings. The summed E-state index contributed by atoms with van der Waals surface area (Å²) in [5.74, 6) is -0.0542. The first kappa shape index (κ1) is 15.4. The Labute approximate surface area is 140 Å². The Morgan fingerprint density at radius 2 is 1.78 bits per heavy atom. The SMILES string of the molecule is CC1=[N+](C)N(c2ccccc2)C(=O)[C@H]1N=Cc1ccc(Cl)cc1. The molecular weight excluding hydrogens is 310 g/mol. The van der Waals surface area contributed by atoms with Crippen LogP contribution < -0.4 is 5.01 Å². The highest BCUT2D eigenvalue weighted by atomic mass is 35.5. The van der Waals surface area contributed by atoms with Crippen LogP contribution in [0.5, 0.6) is 0 Å². The minimum Gasteiger partial charge on any atom is -0.268 e. The van der Waals surface area contributed by atoms with Crippen LogP contribution in [0.1, 0.15) is 12.5 Å². The summed E-state index contributed by atoms with van der Waals surface area (Å²) in [6, 6.07) is 16.4. The quantitative estimate of drug-likeness (QED) is 0.630. The molecule has 1 heterocycles. The predicted octanol–water partition coefficient (Wildman–Crippen LogP) is 3.19. The number of carbonyl (C=O) groups excluding carboxylic acids is 1. The van der Waals surface area contributed by atoms with Crippen molar-refractivity contribution in [3.8, 4) is 0 Å². The number of nitrogens with zero attached hydrogens (tertiary/aromatic N) is 3. The van der Waals surface area contributed by atoms with E-state index in [4.69, 9.17) is 11.6 Å². The highest BCUT2D eigenvalue weighted by Crippen LogP contribution is 2.20. The van der Waals surface area contributed by atoms with Crippen LogP contribution in [0.3, 0.4) is 0 Å². The van der Waals surface area contributed by atoms with Crippen molar-refractivity contribution < 1.29 is 9.48 Å². The third-order valence-corrected chi connectivity index (χ3v) is 4.14. The molecule has 1 aliphatic rings. The Morgan fingerprint density at radius 1 is 1.13 bits per heavy atom. The van der Waals surface area contributed by atoms with Crippen LogP contribution in [0.15, 0.2) is 59.6 Å². The Bertz CT molecular complexity index is 782. The first-order chi connectivity index (χ1) is 11.1. The van der Waals surface area contributed by atoms with Crippen molar-refractivity contribution in [1.29, 1.82) is 0 Å². The number of aliphatic imine (C=N–C) groups is 1. The number of para-hydroxylation sites is 1. The number of hydrazone groups is 1. The van der Waals surface area contributed by atoms with Crippen molar-refractivity contribution in [1.82, 2.24) is 0 Å². The summed E-state index contributed by atoms with van der Waals surface area (Å²) in [5.41, 5.74) is 2.64. The van der Waals surface area contributed by atoms with Gasteiger partial charge in [0.15, 0.2) is 7.05 Å². The van der Waals surface area contributed by atoms with E-state index >= 15 is 0 Å². The van der Waals surface area contributed by atoms with E-state index in [9.17, 15) is 4.79 Å². The van der Waals surface area contributed by atoms with E-state index in [1.165, 1.54) is 0 Å². The fraction of sp³-hybridized carbons (Fsp3) is 0.167. The smallest absolute Gasteiger partial charge is 0.268 e. The zero-order chi connectivity index (χ0) is 16.4. The minimum absolute atomic E-state index is 0.0542.